The van der Waals surface area contributed by atoms with Crippen LogP contribution < -0.4 is 5.32 Å². The molecule has 0 bridgehead atoms. The molecule has 1 saturated heterocycles. The molecule has 140 valence electrons. The van der Waals surface area contributed by atoms with Crippen molar-refractivity contribution in [1.82, 2.24) is 15.2 Å². The van der Waals surface area contributed by atoms with Crippen LogP contribution in [0.1, 0.15) is 51.2 Å². The molecule has 0 spiro atoms. The molecule has 0 unspecified atom stereocenters. The Bertz CT molecular complexity index is 598. The van der Waals surface area contributed by atoms with Crippen molar-refractivity contribution < 1.29 is 9.53 Å². The highest BCUT2D eigenvalue weighted by Gasteiger charge is 2.27. The van der Waals surface area contributed by atoms with Gasteiger partial charge in [-0.2, -0.15) is 0 Å². The summed E-state index contributed by atoms with van der Waals surface area (Å²) in [4.78, 5) is 23.1. The van der Waals surface area contributed by atoms with E-state index in [0.717, 1.165) is 42.6 Å². The number of nitrogens with zero attached hydrogens (tertiary/aromatic N) is 3. The zero-order valence-electron chi connectivity index (χ0n) is 16.0. The lowest BCUT2D eigenvalue weighted by molar-refractivity contribution is -0.149. The molecule has 1 aliphatic rings. The van der Waals surface area contributed by atoms with Crippen molar-refractivity contribution in [2.45, 2.75) is 52.5 Å². The Morgan fingerprint density at radius 1 is 1.44 bits per heavy atom. The van der Waals surface area contributed by atoms with Gasteiger partial charge in [0.15, 0.2) is 5.96 Å². The molecule has 0 amide bonds. The van der Waals surface area contributed by atoms with Gasteiger partial charge >= 0.3 is 5.97 Å². The van der Waals surface area contributed by atoms with Gasteiger partial charge in [-0.05, 0) is 19.8 Å². The van der Waals surface area contributed by atoms with E-state index < -0.39 is 0 Å². The van der Waals surface area contributed by atoms with Crippen LogP contribution in [0.4, 0.5) is 0 Å². The van der Waals surface area contributed by atoms with Gasteiger partial charge in [-0.1, -0.05) is 20.8 Å². The summed E-state index contributed by atoms with van der Waals surface area (Å²) in [5.74, 6) is 0.819. The van der Waals surface area contributed by atoms with Crippen LogP contribution in [0.15, 0.2) is 10.4 Å². The van der Waals surface area contributed by atoms with Gasteiger partial charge in [0.2, 0.25) is 0 Å². The molecule has 25 heavy (non-hydrogen) atoms. The number of hydrogen-bond acceptors (Lipinski definition) is 5. The van der Waals surface area contributed by atoms with E-state index in [4.69, 9.17) is 9.72 Å². The molecular weight excluding hydrogens is 336 g/mol. The van der Waals surface area contributed by atoms with Crippen molar-refractivity contribution in [1.29, 1.82) is 0 Å². The van der Waals surface area contributed by atoms with E-state index >= 15 is 0 Å². The maximum Gasteiger partial charge on any atom is 0.309 e. The van der Waals surface area contributed by atoms with Gasteiger partial charge < -0.3 is 15.0 Å². The molecule has 0 radical (unpaired) electrons. The van der Waals surface area contributed by atoms with Gasteiger partial charge in [-0.25, -0.2) is 4.98 Å². The van der Waals surface area contributed by atoms with E-state index in [-0.39, 0.29) is 17.3 Å². The third-order valence-electron chi connectivity index (χ3n) is 4.34. The van der Waals surface area contributed by atoms with Crippen molar-refractivity contribution in [3.63, 3.8) is 0 Å². The quantitative estimate of drug-likeness (QED) is 0.504. The fraction of sp³-hybridized carbons (Fsp3) is 0.722. The van der Waals surface area contributed by atoms with Crippen LogP contribution in [0.5, 0.6) is 0 Å². The van der Waals surface area contributed by atoms with Gasteiger partial charge in [0.05, 0.1) is 24.8 Å². The first-order valence-electron chi connectivity index (χ1n) is 8.92. The second-order valence-electron chi connectivity index (χ2n) is 7.29. The second-order valence-corrected chi connectivity index (χ2v) is 8.23. The number of likely N-dealkylation sites (tertiary alicyclic amines) is 1. The molecule has 1 aliphatic heterocycles. The number of ether oxygens (including phenoxy) is 1. The normalized spacial score (nSPS) is 16.8. The summed E-state index contributed by atoms with van der Waals surface area (Å²) in [5.41, 5.74) is 1.20. The van der Waals surface area contributed by atoms with E-state index in [1.807, 2.05) is 6.92 Å². The van der Waals surface area contributed by atoms with Crippen molar-refractivity contribution in [2.75, 3.05) is 26.7 Å². The number of piperidine rings is 1. The van der Waals surface area contributed by atoms with Crippen molar-refractivity contribution in [2.24, 2.45) is 10.9 Å². The number of carbonyl (C=O) groups is 1. The van der Waals surface area contributed by atoms with Crippen LogP contribution in [0.25, 0.3) is 0 Å². The average Bonchev–Trinajstić information content (AvgIpc) is 3.05. The number of thiazole rings is 1. The Balaban J connectivity index is 1.85. The van der Waals surface area contributed by atoms with Crippen LogP contribution in [0.2, 0.25) is 0 Å². The van der Waals surface area contributed by atoms with Crippen LogP contribution >= 0.6 is 11.3 Å². The Morgan fingerprint density at radius 3 is 2.64 bits per heavy atom. The summed E-state index contributed by atoms with van der Waals surface area (Å²) in [7, 11) is 1.79. The summed E-state index contributed by atoms with van der Waals surface area (Å²) in [6, 6.07) is 0. The van der Waals surface area contributed by atoms with E-state index in [2.05, 4.69) is 41.4 Å². The highest BCUT2D eigenvalue weighted by molar-refractivity contribution is 7.09. The minimum Gasteiger partial charge on any atom is -0.466 e. The minimum atomic E-state index is -0.0670. The standard InChI is InChI=1S/C18H30N4O2S/c1-6-24-16(23)13-7-9-22(10-8-13)17(19-5)20-11-15-21-14(12-25-15)18(2,3)4/h12-13H,6-11H2,1-5H3,(H,19,20). The molecule has 1 N–H and O–H groups in total. The molecule has 0 saturated carbocycles. The molecule has 0 aliphatic carbocycles. The topological polar surface area (TPSA) is 66.8 Å². The van der Waals surface area contributed by atoms with E-state index in [0.29, 0.717) is 13.2 Å². The van der Waals surface area contributed by atoms with Crippen molar-refractivity contribution in [3.05, 3.63) is 16.1 Å². The maximum absolute atomic E-state index is 11.8. The summed E-state index contributed by atoms with van der Waals surface area (Å²) in [5, 5.41) is 6.59. The SMILES string of the molecule is CCOC(=O)C1CCN(C(=NC)NCc2nc(C(C)(C)C)cs2)CC1. The first-order chi connectivity index (χ1) is 11.8. The van der Waals surface area contributed by atoms with Crippen molar-refractivity contribution in [3.8, 4) is 0 Å². The molecule has 0 aromatic carbocycles. The Labute approximate surface area is 154 Å². The highest BCUT2D eigenvalue weighted by Crippen LogP contribution is 2.24. The van der Waals surface area contributed by atoms with Crippen LogP contribution in [0, 0.1) is 5.92 Å². The van der Waals surface area contributed by atoms with Crippen LogP contribution in [0.3, 0.4) is 0 Å². The molecular formula is C18H30N4O2S. The fourth-order valence-electron chi connectivity index (χ4n) is 2.81. The molecule has 1 aromatic heterocycles. The van der Waals surface area contributed by atoms with Crippen LogP contribution in [-0.2, 0) is 21.5 Å². The molecule has 0 atom stereocenters. The lowest BCUT2D eigenvalue weighted by Crippen LogP contribution is -2.46. The Morgan fingerprint density at radius 2 is 2.12 bits per heavy atom. The smallest absolute Gasteiger partial charge is 0.309 e. The third kappa shape index (κ3) is 5.42. The largest absolute Gasteiger partial charge is 0.466 e. The number of esters is 1. The summed E-state index contributed by atoms with van der Waals surface area (Å²) < 4.78 is 5.13. The monoisotopic (exact) mass is 366 g/mol. The highest BCUT2D eigenvalue weighted by atomic mass is 32.1. The van der Waals surface area contributed by atoms with Gasteiger partial charge in [-0.3, -0.25) is 9.79 Å². The molecule has 1 fully saturated rings. The number of nitrogens with one attached hydrogen (secondary N) is 1. The van der Waals surface area contributed by atoms with Gasteiger partial charge in [-0.15, -0.1) is 11.3 Å². The predicted molar refractivity (Wildman–Crippen MR) is 102 cm³/mol. The van der Waals surface area contributed by atoms with E-state index in [9.17, 15) is 4.79 Å². The van der Waals surface area contributed by atoms with Crippen molar-refractivity contribution >= 4 is 23.3 Å². The number of carbonyl (C=O) groups excluding carboxylic acids is 1. The summed E-state index contributed by atoms with van der Waals surface area (Å²) >= 11 is 1.68. The van der Waals surface area contributed by atoms with Gasteiger partial charge in [0.1, 0.15) is 5.01 Å². The number of rotatable bonds is 4. The van der Waals surface area contributed by atoms with Gasteiger partial charge in [0, 0.05) is 30.9 Å². The first-order valence-corrected chi connectivity index (χ1v) is 9.80. The Kier molecular flexibility index (Phi) is 6.81. The molecule has 7 heteroatoms. The lowest BCUT2D eigenvalue weighted by Gasteiger charge is -2.33. The number of aliphatic imine (C=N–C) groups is 1. The van der Waals surface area contributed by atoms with E-state index in [1.54, 1.807) is 18.4 Å². The molecule has 2 heterocycles. The predicted octanol–water partition coefficient (Wildman–Crippen LogP) is 2.79. The van der Waals surface area contributed by atoms with Crippen LogP contribution in [-0.4, -0.2) is 48.6 Å². The zero-order chi connectivity index (χ0) is 18.4. The van der Waals surface area contributed by atoms with E-state index in [1.165, 1.54) is 0 Å². The lowest BCUT2D eigenvalue weighted by atomic mass is 9.93. The summed E-state index contributed by atoms with van der Waals surface area (Å²) in [6.07, 6.45) is 1.62. The van der Waals surface area contributed by atoms with Gasteiger partial charge in [0.25, 0.3) is 0 Å². The summed E-state index contributed by atoms with van der Waals surface area (Å²) in [6.45, 7) is 11.1. The maximum atomic E-state index is 11.8. The minimum absolute atomic E-state index is 0.0163. The molecule has 2 rings (SSSR count). The third-order valence-corrected chi connectivity index (χ3v) is 5.19. The average molecular weight is 367 g/mol. The second kappa shape index (κ2) is 8.65. The molecule has 6 nitrogen and oxygen atoms in total. The number of aromatic nitrogens is 1. The number of hydrogen-bond donors (Lipinski definition) is 1. The zero-order valence-corrected chi connectivity index (χ0v) is 16.8. The Hall–Kier alpha value is -1.63. The fourth-order valence-corrected chi connectivity index (χ4v) is 3.77. The molecule has 1 aromatic rings. The first kappa shape index (κ1) is 19.7. The number of guanidine groups is 1.